The van der Waals surface area contributed by atoms with Crippen molar-refractivity contribution in [3.63, 3.8) is 0 Å². The number of halogens is 1. The van der Waals surface area contributed by atoms with E-state index in [0.717, 1.165) is 15.8 Å². The predicted molar refractivity (Wildman–Crippen MR) is 85.3 cm³/mol. The van der Waals surface area contributed by atoms with Crippen molar-refractivity contribution in [2.45, 2.75) is 13.0 Å². The largest absolute Gasteiger partial charge is 0.378 e. The van der Waals surface area contributed by atoms with Crippen LogP contribution in [0.1, 0.15) is 18.5 Å². The third kappa shape index (κ3) is 3.11. The zero-order valence-electron chi connectivity index (χ0n) is 11.4. The quantitative estimate of drug-likeness (QED) is 0.786. The molecule has 0 aliphatic rings. The topological polar surface area (TPSA) is 55.6 Å². The summed E-state index contributed by atoms with van der Waals surface area (Å²) in [7, 11) is 0. The molecule has 3 rings (SSSR count). The minimum absolute atomic E-state index is 0.185. The SMILES string of the molecule is CC(Nc1cccc(-n2cnnn2)c1)c1ccccc1Br. The molecule has 21 heavy (non-hydrogen) atoms. The molecule has 5 nitrogen and oxygen atoms in total. The van der Waals surface area contributed by atoms with Gasteiger partial charge in [-0.2, -0.15) is 0 Å². The summed E-state index contributed by atoms with van der Waals surface area (Å²) in [6, 6.07) is 16.4. The van der Waals surface area contributed by atoms with Crippen LogP contribution in [0.5, 0.6) is 0 Å². The molecule has 0 saturated heterocycles. The molecular weight excluding hydrogens is 330 g/mol. The molecular formula is C15H14BrN5. The molecule has 1 N–H and O–H groups in total. The molecule has 0 amide bonds. The number of nitrogens with zero attached hydrogens (tertiary/aromatic N) is 4. The predicted octanol–water partition coefficient (Wildman–Crippen LogP) is 3.60. The van der Waals surface area contributed by atoms with E-state index in [-0.39, 0.29) is 6.04 Å². The van der Waals surface area contributed by atoms with Crippen molar-refractivity contribution in [2.24, 2.45) is 0 Å². The lowest BCUT2D eigenvalue weighted by molar-refractivity contribution is 0.788. The van der Waals surface area contributed by atoms with Gasteiger partial charge in [0, 0.05) is 16.2 Å². The lowest BCUT2D eigenvalue weighted by Crippen LogP contribution is -2.07. The van der Waals surface area contributed by atoms with Crippen molar-refractivity contribution < 1.29 is 0 Å². The molecule has 1 aromatic heterocycles. The number of tetrazole rings is 1. The van der Waals surface area contributed by atoms with Crippen molar-refractivity contribution in [1.29, 1.82) is 0 Å². The van der Waals surface area contributed by atoms with Gasteiger partial charge in [0.1, 0.15) is 6.33 Å². The molecule has 1 heterocycles. The van der Waals surface area contributed by atoms with Crippen LogP contribution in [0, 0.1) is 0 Å². The maximum Gasteiger partial charge on any atom is 0.143 e. The minimum Gasteiger partial charge on any atom is -0.378 e. The van der Waals surface area contributed by atoms with Crippen LogP contribution in [0.2, 0.25) is 0 Å². The van der Waals surface area contributed by atoms with Gasteiger partial charge in [-0.05, 0) is 47.2 Å². The average molecular weight is 344 g/mol. The van der Waals surface area contributed by atoms with Crippen molar-refractivity contribution in [3.8, 4) is 5.69 Å². The van der Waals surface area contributed by atoms with Gasteiger partial charge in [0.15, 0.2) is 0 Å². The normalized spacial score (nSPS) is 12.1. The Hall–Kier alpha value is -2.21. The summed E-state index contributed by atoms with van der Waals surface area (Å²) in [6.07, 6.45) is 1.58. The highest BCUT2D eigenvalue weighted by Crippen LogP contribution is 2.26. The van der Waals surface area contributed by atoms with Crippen molar-refractivity contribution >= 4 is 21.6 Å². The Morgan fingerprint density at radius 2 is 2.00 bits per heavy atom. The number of aromatic nitrogens is 4. The molecule has 106 valence electrons. The molecule has 0 aliphatic carbocycles. The van der Waals surface area contributed by atoms with Crippen LogP contribution in [0.25, 0.3) is 5.69 Å². The number of hydrogen-bond donors (Lipinski definition) is 1. The maximum absolute atomic E-state index is 3.90. The van der Waals surface area contributed by atoms with Crippen LogP contribution in [0.15, 0.2) is 59.3 Å². The Labute approximate surface area is 131 Å². The highest BCUT2D eigenvalue weighted by atomic mass is 79.9. The lowest BCUT2D eigenvalue weighted by atomic mass is 10.1. The molecule has 6 heteroatoms. The van der Waals surface area contributed by atoms with Gasteiger partial charge in [0.25, 0.3) is 0 Å². The summed E-state index contributed by atoms with van der Waals surface area (Å²) in [5, 5.41) is 14.7. The van der Waals surface area contributed by atoms with Gasteiger partial charge in [-0.15, -0.1) is 5.10 Å². The highest BCUT2D eigenvalue weighted by molar-refractivity contribution is 9.10. The molecule has 1 unspecified atom stereocenters. The molecule has 1 atom stereocenters. The molecule has 0 spiro atoms. The Morgan fingerprint density at radius 1 is 1.14 bits per heavy atom. The summed E-state index contributed by atoms with van der Waals surface area (Å²) in [6.45, 7) is 2.13. The summed E-state index contributed by atoms with van der Waals surface area (Å²) in [4.78, 5) is 0. The van der Waals surface area contributed by atoms with E-state index in [1.54, 1.807) is 11.0 Å². The number of hydrogen-bond acceptors (Lipinski definition) is 4. The van der Waals surface area contributed by atoms with Crippen LogP contribution < -0.4 is 5.32 Å². The second-order valence-corrected chi connectivity index (χ2v) is 5.55. The van der Waals surface area contributed by atoms with E-state index in [9.17, 15) is 0 Å². The van der Waals surface area contributed by atoms with E-state index in [0.29, 0.717) is 0 Å². The van der Waals surface area contributed by atoms with Crippen molar-refractivity contribution in [3.05, 3.63) is 64.9 Å². The summed E-state index contributed by atoms with van der Waals surface area (Å²) < 4.78 is 2.73. The fourth-order valence-electron chi connectivity index (χ4n) is 2.17. The van der Waals surface area contributed by atoms with Gasteiger partial charge < -0.3 is 5.32 Å². The second kappa shape index (κ2) is 6.05. The first-order valence-corrected chi connectivity index (χ1v) is 7.38. The first-order valence-electron chi connectivity index (χ1n) is 6.58. The molecule has 0 radical (unpaired) electrons. The maximum atomic E-state index is 3.90. The Kier molecular flexibility index (Phi) is 3.96. The van der Waals surface area contributed by atoms with E-state index < -0.39 is 0 Å². The molecule has 0 bridgehead atoms. The van der Waals surface area contributed by atoms with Crippen LogP contribution in [0.4, 0.5) is 5.69 Å². The van der Waals surface area contributed by atoms with Gasteiger partial charge in [-0.3, -0.25) is 0 Å². The zero-order chi connectivity index (χ0) is 14.7. The van der Waals surface area contributed by atoms with Crippen molar-refractivity contribution in [1.82, 2.24) is 20.2 Å². The number of nitrogens with one attached hydrogen (secondary N) is 1. The summed E-state index contributed by atoms with van der Waals surface area (Å²) >= 11 is 3.59. The lowest BCUT2D eigenvalue weighted by Gasteiger charge is -2.17. The van der Waals surface area contributed by atoms with Gasteiger partial charge in [0.05, 0.1) is 5.69 Å². The van der Waals surface area contributed by atoms with Gasteiger partial charge in [-0.25, -0.2) is 4.68 Å². The third-order valence-corrected chi connectivity index (χ3v) is 3.94. The van der Waals surface area contributed by atoms with Crippen LogP contribution in [-0.4, -0.2) is 20.2 Å². The van der Waals surface area contributed by atoms with Crippen LogP contribution in [-0.2, 0) is 0 Å². The van der Waals surface area contributed by atoms with Crippen molar-refractivity contribution in [2.75, 3.05) is 5.32 Å². The third-order valence-electron chi connectivity index (χ3n) is 3.21. The van der Waals surface area contributed by atoms with Gasteiger partial charge in [0.2, 0.25) is 0 Å². The molecule has 0 saturated carbocycles. The summed E-state index contributed by atoms with van der Waals surface area (Å²) in [5.41, 5.74) is 3.15. The van der Waals surface area contributed by atoms with E-state index in [1.807, 2.05) is 42.5 Å². The van der Waals surface area contributed by atoms with E-state index in [2.05, 4.69) is 49.8 Å². The molecule has 0 aliphatic heterocycles. The Bertz CT molecular complexity index is 726. The summed E-state index contributed by atoms with van der Waals surface area (Å²) in [5.74, 6) is 0. The standard InChI is InChI=1S/C15H14BrN5/c1-11(14-7-2-3-8-15(14)16)18-12-5-4-6-13(9-12)21-10-17-19-20-21/h2-11,18H,1H3. The number of benzene rings is 2. The Morgan fingerprint density at radius 3 is 2.76 bits per heavy atom. The number of rotatable bonds is 4. The van der Waals surface area contributed by atoms with Crippen LogP contribution in [0.3, 0.4) is 0 Å². The molecule has 2 aromatic carbocycles. The fraction of sp³-hybridized carbons (Fsp3) is 0.133. The van der Waals surface area contributed by atoms with Gasteiger partial charge in [-0.1, -0.05) is 40.2 Å². The fourth-order valence-corrected chi connectivity index (χ4v) is 2.80. The molecule has 0 fully saturated rings. The smallest absolute Gasteiger partial charge is 0.143 e. The first-order chi connectivity index (χ1) is 10.2. The van der Waals surface area contributed by atoms with E-state index in [4.69, 9.17) is 0 Å². The van der Waals surface area contributed by atoms with Crippen LogP contribution >= 0.6 is 15.9 Å². The molecule has 3 aromatic rings. The monoisotopic (exact) mass is 343 g/mol. The number of anilines is 1. The first kappa shape index (κ1) is 13.8. The second-order valence-electron chi connectivity index (χ2n) is 4.69. The van der Waals surface area contributed by atoms with Gasteiger partial charge >= 0.3 is 0 Å². The minimum atomic E-state index is 0.185. The van der Waals surface area contributed by atoms with E-state index in [1.165, 1.54) is 5.56 Å². The Balaban J connectivity index is 1.82. The zero-order valence-corrected chi connectivity index (χ0v) is 13.0. The average Bonchev–Trinajstić information content (AvgIpc) is 3.02. The highest BCUT2D eigenvalue weighted by Gasteiger charge is 2.09. The van der Waals surface area contributed by atoms with E-state index >= 15 is 0 Å².